The van der Waals surface area contributed by atoms with Gasteiger partial charge in [-0.05, 0) is 65.9 Å². The minimum atomic E-state index is 1.07. The Kier molecular flexibility index (Phi) is 4.08. The molecule has 2 aromatic carbocycles. The van der Waals surface area contributed by atoms with Crippen LogP contribution in [0.2, 0.25) is 0 Å². The molecule has 0 amide bonds. The van der Waals surface area contributed by atoms with E-state index in [2.05, 4.69) is 88.7 Å². The van der Waals surface area contributed by atoms with Gasteiger partial charge in [-0.3, -0.25) is 0 Å². The number of rotatable bonds is 2. The normalized spacial score (nSPS) is 10.4. The highest BCUT2D eigenvalue weighted by Gasteiger charge is 2.08. The van der Waals surface area contributed by atoms with Gasteiger partial charge >= 0.3 is 0 Å². The highest BCUT2D eigenvalue weighted by atomic mass is 79.9. The van der Waals surface area contributed by atoms with Crippen LogP contribution in [-0.4, -0.2) is 0 Å². The third-order valence-corrected chi connectivity index (χ3v) is 4.01. The first-order valence-electron chi connectivity index (χ1n) is 5.71. The maximum Gasteiger partial charge on any atom is 0.0178 e. The van der Waals surface area contributed by atoms with Crippen LogP contribution >= 0.6 is 31.9 Å². The number of hydrogen-bond donors (Lipinski definition) is 0. The van der Waals surface area contributed by atoms with Crippen molar-refractivity contribution in [2.24, 2.45) is 0 Å². The van der Waals surface area contributed by atoms with Crippen LogP contribution in [0.5, 0.6) is 0 Å². The van der Waals surface area contributed by atoms with E-state index in [0.717, 1.165) is 14.5 Å². The molecule has 0 bridgehead atoms. The summed E-state index contributed by atoms with van der Waals surface area (Å²) in [4.78, 5) is 0. The maximum atomic E-state index is 4.25. The van der Waals surface area contributed by atoms with E-state index < -0.39 is 0 Å². The summed E-state index contributed by atoms with van der Waals surface area (Å²) in [5, 5.41) is 0. The molecule has 0 radical (unpaired) electrons. The first kappa shape index (κ1) is 13.6. The van der Waals surface area contributed by atoms with Crippen LogP contribution < -0.4 is 0 Å². The van der Waals surface area contributed by atoms with Gasteiger partial charge in [-0.25, -0.2) is 0 Å². The Morgan fingerprint density at radius 2 is 1.22 bits per heavy atom. The molecule has 0 unspecified atom stereocenters. The second-order valence-electron chi connectivity index (χ2n) is 4.40. The lowest BCUT2D eigenvalue weighted by Gasteiger charge is -2.13. The number of halogens is 2. The van der Waals surface area contributed by atoms with Crippen molar-refractivity contribution < 1.29 is 0 Å². The van der Waals surface area contributed by atoms with Crippen molar-refractivity contribution >= 4 is 37.4 Å². The molecular formula is C16H14Br2. The molecule has 0 spiro atoms. The summed E-state index contributed by atoms with van der Waals surface area (Å²) in [7, 11) is 0. The summed E-state index contributed by atoms with van der Waals surface area (Å²) in [5.41, 5.74) is 5.94. The topological polar surface area (TPSA) is 0 Å². The molecule has 92 valence electrons. The zero-order chi connectivity index (χ0) is 13.3. The SMILES string of the molecule is C=C(c1ccc(Br)cc1C)c1ccc(Br)cc1C. The van der Waals surface area contributed by atoms with E-state index in [0.29, 0.717) is 0 Å². The van der Waals surface area contributed by atoms with E-state index in [1.54, 1.807) is 0 Å². The molecule has 2 aromatic rings. The van der Waals surface area contributed by atoms with E-state index in [1.807, 2.05) is 0 Å². The zero-order valence-corrected chi connectivity index (χ0v) is 13.6. The van der Waals surface area contributed by atoms with Gasteiger partial charge in [0, 0.05) is 8.95 Å². The van der Waals surface area contributed by atoms with Crippen molar-refractivity contribution in [1.29, 1.82) is 0 Å². The minimum absolute atomic E-state index is 1.07. The molecule has 0 aliphatic heterocycles. The number of benzene rings is 2. The molecule has 2 rings (SSSR count). The lowest BCUT2D eigenvalue weighted by Crippen LogP contribution is -1.93. The molecule has 0 saturated heterocycles. The van der Waals surface area contributed by atoms with Crippen molar-refractivity contribution in [2.75, 3.05) is 0 Å². The summed E-state index contributed by atoms with van der Waals surface area (Å²) >= 11 is 6.98. The summed E-state index contributed by atoms with van der Waals surface area (Å²) in [5.74, 6) is 0. The Labute approximate surface area is 125 Å². The molecule has 0 fully saturated rings. The summed E-state index contributed by atoms with van der Waals surface area (Å²) in [6.07, 6.45) is 0. The van der Waals surface area contributed by atoms with Gasteiger partial charge < -0.3 is 0 Å². The number of hydrogen-bond acceptors (Lipinski definition) is 0. The fourth-order valence-electron chi connectivity index (χ4n) is 2.08. The van der Waals surface area contributed by atoms with Gasteiger partial charge in [0.25, 0.3) is 0 Å². The van der Waals surface area contributed by atoms with Gasteiger partial charge in [0.05, 0.1) is 0 Å². The first-order valence-corrected chi connectivity index (χ1v) is 7.29. The Balaban J connectivity index is 2.48. The quantitative estimate of drug-likeness (QED) is 0.622. The molecule has 0 N–H and O–H groups in total. The van der Waals surface area contributed by atoms with Gasteiger partial charge in [0.1, 0.15) is 0 Å². The Bertz CT molecular complexity index is 559. The summed E-state index contributed by atoms with van der Waals surface area (Å²) in [6.45, 7) is 8.47. The van der Waals surface area contributed by atoms with Gasteiger partial charge in [0.2, 0.25) is 0 Å². The lowest BCUT2D eigenvalue weighted by atomic mass is 9.93. The van der Waals surface area contributed by atoms with Crippen molar-refractivity contribution in [2.45, 2.75) is 13.8 Å². The highest BCUT2D eigenvalue weighted by Crippen LogP contribution is 2.29. The van der Waals surface area contributed by atoms with E-state index in [-0.39, 0.29) is 0 Å². The molecule has 0 aliphatic rings. The molecular weight excluding hydrogens is 352 g/mol. The van der Waals surface area contributed by atoms with Crippen molar-refractivity contribution in [3.63, 3.8) is 0 Å². The van der Waals surface area contributed by atoms with Crippen LogP contribution in [-0.2, 0) is 0 Å². The van der Waals surface area contributed by atoms with Crippen molar-refractivity contribution in [1.82, 2.24) is 0 Å². The molecule has 18 heavy (non-hydrogen) atoms. The minimum Gasteiger partial charge on any atom is -0.0905 e. The van der Waals surface area contributed by atoms with E-state index >= 15 is 0 Å². The fraction of sp³-hybridized carbons (Fsp3) is 0.125. The monoisotopic (exact) mass is 364 g/mol. The third-order valence-electron chi connectivity index (χ3n) is 3.03. The zero-order valence-electron chi connectivity index (χ0n) is 10.4. The van der Waals surface area contributed by atoms with Gasteiger partial charge in [-0.15, -0.1) is 0 Å². The van der Waals surface area contributed by atoms with Gasteiger partial charge in [0.15, 0.2) is 0 Å². The van der Waals surface area contributed by atoms with E-state index in [4.69, 9.17) is 0 Å². The molecule has 0 aromatic heterocycles. The third kappa shape index (κ3) is 2.76. The maximum absolute atomic E-state index is 4.25. The fourth-order valence-corrected chi connectivity index (χ4v) is 3.03. The van der Waals surface area contributed by atoms with Gasteiger partial charge in [-0.1, -0.05) is 50.6 Å². The highest BCUT2D eigenvalue weighted by molar-refractivity contribution is 9.10. The lowest BCUT2D eigenvalue weighted by molar-refractivity contribution is 1.36. The van der Waals surface area contributed by atoms with E-state index in [9.17, 15) is 0 Å². The van der Waals surface area contributed by atoms with Crippen LogP contribution in [0.4, 0.5) is 0 Å². The Hall–Kier alpha value is -0.860. The molecule has 0 atom stereocenters. The Morgan fingerprint density at radius 3 is 1.56 bits per heavy atom. The van der Waals surface area contributed by atoms with Crippen molar-refractivity contribution in [3.8, 4) is 0 Å². The second kappa shape index (κ2) is 5.41. The van der Waals surface area contributed by atoms with Crippen LogP contribution in [0.15, 0.2) is 51.9 Å². The smallest absolute Gasteiger partial charge is 0.0178 e. The Morgan fingerprint density at radius 1 is 0.833 bits per heavy atom. The first-order chi connectivity index (χ1) is 8.49. The van der Waals surface area contributed by atoms with Gasteiger partial charge in [-0.2, -0.15) is 0 Å². The average molecular weight is 366 g/mol. The van der Waals surface area contributed by atoms with Crippen LogP contribution in [0.3, 0.4) is 0 Å². The summed E-state index contributed by atoms with van der Waals surface area (Å²) in [6, 6.07) is 12.6. The predicted octanol–water partition coefficient (Wildman–Crippen LogP) is 5.89. The predicted molar refractivity (Wildman–Crippen MR) is 85.9 cm³/mol. The van der Waals surface area contributed by atoms with E-state index in [1.165, 1.54) is 22.3 Å². The summed E-state index contributed by atoms with van der Waals surface area (Å²) < 4.78 is 2.20. The number of aryl methyl sites for hydroxylation is 2. The molecule has 0 heterocycles. The largest absolute Gasteiger partial charge is 0.0905 e. The molecule has 0 aliphatic carbocycles. The second-order valence-corrected chi connectivity index (χ2v) is 6.23. The van der Waals surface area contributed by atoms with Crippen LogP contribution in [0, 0.1) is 13.8 Å². The average Bonchev–Trinajstić information content (AvgIpc) is 2.28. The molecule has 0 saturated carbocycles. The van der Waals surface area contributed by atoms with Crippen molar-refractivity contribution in [3.05, 3.63) is 74.2 Å². The van der Waals surface area contributed by atoms with Crippen LogP contribution in [0.1, 0.15) is 22.3 Å². The molecule has 2 heteroatoms. The standard InChI is InChI=1S/C16H14Br2/c1-10-8-13(17)4-6-15(10)12(3)16-7-5-14(18)9-11(16)2/h4-9H,3H2,1-2H3. The molecule has 0 nitrogen and oxygen atoms in total. The van der Waals surface area contributed by atoms with Crippen LogP contribution in [0.25, 0.3) is 5.57 Å².